The zero-order valence-electron chi connectivity index (χ0n) is 14.3. The van der Waals surface area contributed by atoms with E-state index in [-0.39, 0.29) is 23.4 Å². The van der Waals surface area contributed by atoms with Crippen molar-refractivity contribution in [1.29, 1.82) is 0 Å². The van der Waals surface area contributed by atoms with Crippen LogP contribution in [0.5, 0.6) is 5.75 Å². The number of rotatable bonds is 7. The Labute approximate surface area is 150 Å². The Morgan fingerprint density at radius 3 is 2.32 bits per heavy atom. The molecule has 7 heteroatoms. The van der Waals surface area contributed by atoms with Gasteiger partial charge in [0, 0.05) is 24.1 Å². The van der Waals surface area contributed by atoms with E-state index in [4.69, 9.17) is 4.74 Å². The molecule has 2 rings (SSSR count). The van der Waals surface area contributed by atoms with E-state index in [1.54, 1.807) is 31.2 Å². The first-order valence-electron chi connectivity index (χ1n) is 7.69. The maximum atomic E-state index is 12.4. The molecule has 0 heterocycles. The van der Waals surface area contributed by atoms with Gasteiger partial charge in [-0.2, -0.15) is 0 Å². The molecule has 1 atom stereocenters. The molecule has 2 aromatic carbocycles. The van der Waals surface area contributed by atoms with Crippen molar-refractivity contribution in [1.82, 2.24) is 4.90 Å². The third-order valence-electron chi connectivity index (χ3n) is 3.98. The lowest BCUT2D eigenvalue weighted by Gasteiger charge is -2.25. The van der Waals surface area contributed by atoms with Gasteiger partial charge in [0.2, 0.25) is 5.91 Å². The van der Waals surface area contributed by atoms with Crippen LogP contribution in [0.25, 0.3) is 0 Å². The second-order valence-electron chi connectivity index (χ2n) is 5.49. The third kappa shape index (κ3) is 4.96. The minimum Gasteiger partial charge on any atom is -0.497 e. The van der Waals surface area contributed by atoms with E-state index in [2.05, 4.69) is 0 Å². The van der Waals surface area contributed by atoms with Gasteiger partial charge in [0.25, 0.3) is 5.69 Å². The van der Waals surface area contributed by atoms with E-state index < -0.39 is 4.92 Å². The van der Waals surface area contributed by atoms with Gasteiger partial charge >= 0.3 is 0 Å². The number of nitrogens with zero attached hydrogens (tertiary/aromatic N) is 2. The second-order valence-corrected chi connectivity index (χ2v) is 6.54. The van der Waals surface area contributed by atoms with Gasteiger partial charge in [-0.1, -0.05) is 12.1 Å². The molecule has 0 aliphatic heterocycles. The maximum absolute atomic E-state index is 12.4. The first-order valence-corrected chi connectivity index (χ1v) is 8.67. The average molecular weight is 360 g/mol. The quantitative estimate of drug-likeness (QED) is 0.425. The Kier molecular flexibility index (Phi) is 6.41. The standard InChI is InChI=1S/C18H20N2O4S/c1-13(14-4-8-16(24-3)9-5-14)19(2)18(21)12-25-17-10-6-15(7-11-17)20(22)23/h4-11,13H,12H2,1-3H3. The Hall–Kier alpha value is -2.54. The van der Waals surface area contributed by atoms with E-state index in [9.17, 15) is 14.9 Å². The van der Waals surface area contributed by atoms with Crippen LogP contribution in [-0.4, -0.2) is 35.6 Å². The molecular formula is C18H20N2O4S. The summed E-state index contributed by atoms with van der Waals surface area (Å²) in [6.45, 7) is 1.97. The number of thioether (sulfide) groups is 1. The highest BCUT2D eigenvalue weighted by atomic mass is 32.2. The largest absolute Gasteiger partial charge is 0.497 e. The van der Waals surface area contributed by atoms with Crippen molar-refractivity contribution < 1.29 is 14.5 Å². The monoisotopic (exact) mass is 360 g/mol. The van der Waals surface area contributed by atoms with Crippen LogP contribution in [-0.2, 0) is 4.79 Å². The summed E-state index contributed by atoms with van der Waals surface area (Å²) < 4.78 is 5.14. The molecule has 0 aromatic heterocycles. The molecule has 2 aromatic rings. The van der Waals surface area contributed by atoms with Crippen molar-refractivity contribution in [2.75, 3.05) is 19.9 Å². The fourth-order valence-corrected chi connectivity index (χ4v) is 3.06. The van der Waals surface area contributed by atoms with Crippen molar-refractivity contribution in [3.8, 4) is 5.75 Å². The van der Waals surface area contributed by atoms with Gasteiger partial charge in [-0.25, -0.2) is 0 Å². The van der Waals surface area contributed by atoms with E-state index >= 15 is 0 Å². The van der Waals surface area contributed by atoms with E-state index in [0.29, 0.717) is 0 Å². The molecule has 0 saturated heterocycles. The number of benzene rings is 2. The van der Waals surface area contributed by atoms with Gasteiger partial charge < -0.3 is 9.64 Å². The summed E-state index contributed by atoms with van der Waals surface area (Å²) in [5.41, 5.74) is 1.07. The minimum atomic E-state index is -0.441. The summed E-state index contributed by atoms with van der Waals surface area (Å²) in [4.78, 5) is 25.1. The van der Waals surface area contributed by atoms with Crippen molar-refractivity contribution in [3.63, 3.8) is 0 Å². The average Bonchev–Trinajstić information content (AvgIpc) is 2.65. The predicted octanol–water partition coefficient (Wildman–Crippen LogP) is 3.92. The number of carbonyl (C=O) groups is 1. The summed E-state index contributed by atoms with van der Waals surface area (Å²) in [6, 6.07) is 13.8. The van der Waals surface area contributed by atoms with Crippen LogP contribution < -0.4 is 4.74 Å². The number of carbonyl (C=O) groups excluding carboxylic acids is 1. The first kappa shape index (κ1) is 18.8. The Balaban J connectivity index is 1.93. The van der Waals surface area contributed by atoms with Crippen LogP contribution >= 0.6 is 11.8 Å². The number of ether oxygens (including phenoxy) is 1. The number of hydrogen-bond acceptors (Lipinski definition) is 5. The van der Waals surface area contributed by atoms with E-state index in [0.717, 1.165) is 16.2 Å². The van der Waals surface area contributed by atoms with Gasteiger partial charge in [-0.15, -0.1) is 11.8 Å². The van der Waals surface area contributed by atoms with Gasteiger partial charge in [0.05, 0.1) is 23.8 Å². The first-order chi connectivity index (χ1) is 11.9. The van der Waals surface area contributed by atoms with Gasteiger partial charge in [-0.3, -0.25) is 14.9 Å². The lowest BCUT2D eigenvalue weighted by molar-refractivity contribution is -0.384. The number of non-ortho nitro benzene ring substituents is 1. The van der Waals surface area contributed by atoms with Crippen molar-refractivity contribution in [3.05, 3.63) is 64.2 Å². The van der Waals surface area contributed by atoms with Crippen LogP contribution in [0, 0.1) is 10.1 Å². The zero-order chi connectivity index (χ0) is 18.4. The van der Waals surface area contributed by atoms with Crippen molar-refractivity contribution >= 4 is 23.4 Å². The lowest BCUT2D eigenvalue weighted by atomic mass is 10.1. The molecule has 0 bridgehead atoms. The highest BCUT2D eigenvalue weighted by Crippen LogP contribution is 2.25. The molecular weight excluding hydrogens is 340 g/mol. The highest BCUT2D eigenvalue weighted by molar-refractivity contribution is 8.00. The highest BCUT2D eigenvalue weighted by Gasteiger charge is 2.17. The molecule has 0 saturated carbocycles. The van der Waals surface area contributed by atoms with Crippen LogP contribution in [0.1, 0.15) is 18.5 Å². The van der Waals surface area contributed by atoms with Crippen LogP contribution in [0.4, 0.5) is 5.69 Å². The van der Waals surface area contributed by atoms with E-state index in [1.807, 2.05) is 31.2 Å². The molecule has 1 unspecified atom stereocenters. The van der Waals surface area contributed by atoms with E-state index in [1.165, 1.54) is 23.9 Å². The summed E-state index contributed by atoms with van der Waals surface area (Å²) >= 11 is 1.36. The van der Waals surface area contributed by atoms with Crippen LogP contribution in [0.15, 0.2) is 53.4 Å². The predicted molar refractivity (Wildman–Crippen MR) is 98.0 cm³/mol. The molecule has 0 spiro atoms. The molecule has 0 fully saturated rings. The Bertz CT molecular complexity index is 732. The molecule has 6 nitrogen and oxygen atoms in total. The Morgan fingerprint density at radius 1 is 1.20 bits per heavy atom. The van der Waals surface area contributed by atoms with Gasteiger partial charge in [0.15, 0.2) is 0 Å². The number of methoxy groups -OCH3 is 1. The fourth-order valence-electron chi connectivity index (χ4n) is 2.23. The third-order valence-corrected chi connectivity index (χ3v) is 4.98. The summed E-state index contributed by atoms with van der Waals surface area (Å²) in [7, 11) is 3.39. The number of nitro groups is 1. The topological polar surface area (TPSA) is 72.7 Å². The van der Waals surface area contributed by atoms with Crippen molar-refractivity contribution in [2.45, 2.75) is 17.9 Å². The molecule has 0 aliphatic carbocycles. The zero-order valence-corrected chi connectivity index (χ0v) is 15.2. The number of nitro benzene ring substituents is 1. The summed E-state index contributed by atoms with van der Waals surface area (Å²) in [6.07, 6.45) is 0. The molecule has 25 heavy (non-hydrogen) atoms. The maximum Gasteiger partial charge on any atom is 0.269 e. The van der Waals surface area contributed by atoms with Crippen LogP contribution in [0.2, 0.25) is 0 Å². The Morgan fingerprint density at radius 2 is 1.80 bits per heavy atom. The molecule has 0 aliphatic rings. The molecule has 0 radical (unpaired) electrons. The molecule has 0 N–H and O–H groups in total. The normalized spacial score (nSPS) is 11.6. The summed E-state index contributed by atoms with van der Waals surface area (Å²) in [5, 5.41) is 10.6. The lowest BCUT2D eigenvalue weighted by Crippen LogP contribution is -2.31. The molecule has 132 valence electrons. The van der Waals surface area contributed by atoms with Crippen LogP contribution in [0.3, 0.4) is 0 Å². The minimum absolute atomic E-state index is 0.00771. The molecule has 1 amide bonds. The SMILES string of the molecule is COc1ccc(C(C)N(C)C(=O)CSc2ccc([N+](=O)[O-])cc2)cc1. The van der Waals surface area contributed by atoms with Crippen molar-refractivity contribution in [2.24, 2.45) is 0 Å². The van der Waals surface area contributed by atoms with Gasteiger partial charge in [0.1, 0.15) is 5.75 Å². The smallest absolute Gasteiger partial charge is 0.269 e. The summed E-state index contributed by atoms with van der Waals surface area (Å²) in [5.74, 6) is 1.04. The number of amides is 1. The van der Waals surface area contributed by atoms with Gasteiger partial charge in [-0.05, 0) is 36.8 Å². The fraction of sp³-hybridized carbons (Fsp3) is 0.278. The second kappa shape index (κ2) is 8.53. The number of hydrogen-bond donors (Lipinski definition) is 0.